The third-order valence-electron chi connectivity index (χ3n) is 5.51. The molecular formula is C14H18OS. The Morgan fingerprint density at radius 3 is 3.00 bits per heavy atom. The molecule has 1 nitrogen and oxygen atoms in total. The van der Waals surface area contributed by atoms with E-state index in [0.29, 0.717) is 5.92 Å². The topological polar surface area (TPSA) is 20.2 Å². The van der Waals surface area contributed by atoms with Crippen LogP contribution in [0.2, 0.25) is 0 Å². The number of fused-ring (bicyclic) bond motifs is 5. The molecule has 0 aromatic carbocycles. The summed E-state index contributed by atoms with van der Waals surface area (Å²) in [6.07, 6.45) is 6.54. The summed E-state index contributed by atoms with van der Waals surface area (Å²) in [4.78, 5) is 0. The predicted molar refractivity (Wildman–Crippen MR) is 65.3 cm³/mol. The van der Waals surface area contributed by atoms with Crippen molar-refractivity contribution in [2.24, 2.45) is 23.7 Å². The van der Waals surface area contributed by atoms with Crippen LogP contribution in [-0.2, 0) is 5.60 Å². The van der Waals surface area contributed by atoms with Gasteiger partial charge in [0.15, 0.2) is 0 Å². The van der Waals surface area contributed by atoms with Gasteiger partial charge < -0.3 is 5.11 Å². The largest absolute Gasteiger partial charge is 0.385 e. The fraction of sp³-hybridized carbons (Fsp3) is 0.714. The molecule has 1 heterocycles. The molecule has 3 aliphatic rings. The van der Waals surface area contributed by atoms with E-state index in [2.05, 4.69) is 16.8 Å². The van der Waals surface area contributed by atoms with Gasteiger partial charge in [-0.1, -0.05) is 6.42 Å². The average Bonchev–Trinajstić information content (AvgIpc) is 3.00. The molecule has 0 aliphatic heterocycles. The van der Waals surface area contributed by atoms with Crippen molar-refractivity contribution in [1.29, 1.82) is 0 Å². The summed E-state index contributed by atoms with van der Waals surface area (Å²) in [6, 6.07) is 2.13. The normalized spacial score (nSPS) is 49.8. The molecule has 1 N–H and O–H groups in total. The third kappa shape index (κ3) is 1.05. The summed E-state index contributed by atoms with van der Waals surface area (Å²) >= 11 is 1.72. The summed E-state index contributed by atoms with van der Waals surface area (Å²) < 4.78 is 0. The Morgan fingerprint density at radius 1 is 1.31 bits per heavy atom. The second-order valence-electron chi connectivity index (χ2n) is 6.00. The van der Waals surface area contributed by atoms with E-state index in [0.717, 1.165) is 24.2 Å². The highest BCUT2D eigenvalue weighted by Gasteiger charge is 2.60. The molecule has 2 bridgehead atoms. The van der Waals surface area contributed by atoms with Gasteiger partial charge in [-0.15, -0.1) is 0 Å². The van der Waals surface area contributed by atoms with Crippen molar-refractivity contribution in [3.63, 3.8) is 0 Å². The highest BCUT2D eigenvalue weighted by molar-refractivity contribution is 7.08. The summed E-state index contributed by atoms with van der Waals surface area (Å²) in [5.41, 5.74) is 0.742. The molecule has 0 saturated heterocycles. The first kappa shape index (κ1) is 9.67. The molecule has 0 spiro atoms. The molecule has 3 fully saturated rings. The van der Waals surface area contributed by atoms with Crippen molar-refractivity contribution in [2.75, 3.05) is 0 Å². The van der Waals surface area contributed by atoms with E-state index in [9.17, 15) is 5.11 Å². The maximum Gasteiger partial charge on any atom is 0.0938 e. The van der Waals surface area contributed by atoms with Gasteiger partial charge in [0.1, 0.15) is 0 Å². The molecule has 86 valence electrons. The minimum Gasteiger partial charge on any atom is -0.385 e. The number of hydrogen-bond acceptors (Lipinski definition) is 2. The summed E-state index contributed by atoms with van der Waals surface area (Å²) in [5, 5.41) is 15.3. The van der Waals surface area contributed by atoms with Gasteiger partial charge in [0.05, 0.1) is 5.60 Å². The molecule has 16 heavy (non-hydrogen) atoms. The fourth-order valence-corrected chi connectivity index (χ4v) is 5.69. The number of aliphatic hydroxyl groups is 1. The van der Waals surface area contributed by atoms with E-state index in [1.54, 1.807) is 11.3 Å². The summed E-state index contributed by atoms with van der Waals surface area (Å²) in [5.74, 6) is 3.19. The van der Waals surface area contributed by atoms with Crippen LogP contribution in [0.1, 0.15) is 37.7 Å². The Balaban J connectivity index is 1.74. The molecule has 1 aromatic rings. The molecule has 5 atom stereocenters. The Kier molecular flexibility index (Phi) is 1.88. The smallest absolute Gasteiger partial charge is 0.0938 e. The van der Waals surface area contributed by atoms with Crippen LogP contribution < -0.4 is 0 Å². The van der Waals surface area contributed by atoms with Crippen molar-refractivity contribution in [1.82, 2.24) is 0 Å². The number of thiophene rings is 1. The molecule has 4 rings (SSSR count). The van der Waals surface area contributed by atoms with Crippen LogP contribution in [0.25, 0.3) is 0 Å². The first-order chi connectivity index (χ1) is 7.79. The molecular weight excluding hydrogens is 216 g/mol. The first-order valence-corrected chi connectivity index (χ1v) is 7.48. The van der Waals surface area contributed by atoms with Gasteiger partial charge in [0, 0.05) is 0 Å². The molecule has 5 unspecified atom stereocenters. The second-order valence-corrected chi connectivity index (χ2v) is 6.78. The molecule has 3 saturated carbocycles. The fourth-order valence-electron chi connectivity index (χ4n) is 4.96. The maximum atomic E-state index is 11.0. The third-order valence-corrected chi connectivity index (χ3v) is 6.19. The average molecular weight is 234 g/mol. The van der Waals surface area contributed by atoms with Crippen molar-refractivity contribution >= 4 is 11.3 Å². The van der Waals surface area contributed by atoms with Gasteiger partial charge in [0.2, 0.25) is 0 Å². The first-order valence-electron chi connectivity index (χ1n) is 6.54. The summed E-state index contributed by atoms with van der Waals surface area (Å²) in [6.45, 7) is 0. The van der Waals surface area contributed by atoms with Crippen molar-refractivity contribution in [3.8, 4) is 0 Å². The summed E-state index contributed by atoms with van der Waals surface area (Å²) in [7, 11) is 0. The van der Waals surface area contributed by atoms with E-state index in [-0.39, 0.29) is 0 Å². The highest BCUT2D eigenvalue weighted by Crippen LogP contribution is 2.65. The van der Waals surface area contributed by atoms with Crippen LogP contribution in [0.5, 0.6) is 0 Å². The Morgan fingerprint density at radius 2 is 2.19 bits per heavy atom. The molecule has 3 aliphatic carbocycles. The quantitative estimate of drug-likeness (QED) is 0.789. The molecule has 1 aromatic heterocycles. The van der Waals surface area contributed by atoms with Gasteiger partial charge in [-0.25, -0.2) is 0 Å². The number of hydrogen-bond donors (Lipinski definition) is 1. The monoisotopic (exact) mass is 234 g/mol. The van der Waals surface area contributed by atoms with Crippen LogP contribution >= 0.6 is 11.3 Å². The van der Waals surface area contributed by atoms with Crippen LogP contribution in [-0.4, -0.2) is 5.11 Å². The van der Waals surface area contributed by atoms with E-state index in [1.165, 1.54) is 31.2 Å². The van der Waals surface area contributed by atoms with Crippen molar-refractivity contribution < 1.29 is 5.11 Å². The minimum absolute atomic E-state index is 0.462. The molecule has 2 heteroatoms. The van der Waals surface area contributed by atoms with Crippen LogP contribution in [0, 0.1) is 23.7 Å². The van der Waals surface area contributed by atoms with Crippen LogP contribution in [0.4, 0.5) is 0 Å². The Hall–Kier alpha value is -0.340. The van der Waals surface area contributed by atoms with Gasteiger partial charge in [0.25, 0.3) is 0 Å². The molecule has 0 amide bonds. The van der Waals surface area contributed by atoms with E-state index in [1.807, 2.05) is 0 Å². The van der Waals surface area contributed by atoms with Crippen molar-refractivity contribution in [2.45, 2.75) is 37.7 Å². The lowest BCUT2D eigenvalue weighted by molar-refractivity contribution is -0.0509. The standard InChI is InChI=1S/C14H18OS/c15-14(10-4-5-16-8-10)7-9-6-13(14)12-3-1-2-11(9)12/h4-5,8-9,11-13,15H,1-3,6-7H2. The lowest BCUT2D eigenvalue weighted by atomic mass is 9.71. The maximum absolute atomic E-state index is 11.0. The van der Waals surface area contributed by atoms with Gasteiger partial charge in [-0.05, 0) is 71.7 Å². The zero-order valence-electron chi connectivity index (χ0n) is 9.43. The zero-order chi connectivity index (χ0) is 10.8. The minimum atomic E-state index is -0.462. The van der Waals surface area contributed by atoms with Gasteiger partial charge in [-0.2, -0.15) is 11.3 Å². The Labute approximate surface area is 100 Å². The van der Waals surface area contributed by atoms with Crippen molar-refractivity contribution in [3.05, 3.63) is 22.4 Å². The SMILES string of the molecule is OC1(c2ccsc2)CC2CC1C1CCCC21. The lowest BCUT2D eigenvalue weighted by Gasteiger charge is -2.38. The van der Waals surface area contributed by atoms with Gasteiger partial charge in [-0.3, -0.25) is 0 Å². The van der Waals surface area contributed by atoms with Crippen LogP contribution in [0.3, 0.4) is 0 Å². The van der Waals surface area contributed by atoms with E-state index in [4.69, 9.17) is 0 Å². The predicted octanol–water partition coefficient (Wildman–Crippen LogP) is 3.39. The van der Waals surface area contributed by atoms with Gasteiger partial charge >= 0.3 is 0 Å². The highest BCUT2D eigenvalue weighted by atomic mass is 32.1. The second kappa shape index (κ2) is 3.11. The van der Waals surface area contributed by atoms with E-state index < -0.39 is 5.60 Å². The zero-order valence-corrected chi connectivity index (χ0v) is 10.2. The van der Waals surface area contributed by atoms with Crippen LogP contribution in [0.15, 0.2) is 16.8 Å². The van der Waals surface area contributed by atoms with E-state index >= 15 is 0 Å². The Bertz CT molecular complexity index is 399. The molecule has 0 radical (unpaired) electrons. The lowest BCUT2D eigenvalue weighted by Crippen LogP contribution is -2.38. The number of rotatable bonds is 1.